The third kappa shape index (κ3) is 5.09. The highest BCUT2D eigenvalue weighted by Crippen LogP contribution is 2.32. The van der Waals surface area contributed by atoms with E-state index in [0.29, 0.717) is 41.0 Å². The fourth-order valence-electron chi connectivity index (χ4n) is 3.74. The van der Waals surface area contributed by atoms with Crippen LogP contribution in [0.4, 0.5) is 18.0 Å². The van der Waals surface area contributed by atoms with Crippen molar-refractivity contribution in [2.24, 2.45) is 0 Å². The zero-order valence-electron chi connectivity index (χ0n) is 18.1. The van der Waals surface area contributed by atoms with Gasteiger partial charge in [-0.1, -0.05) is 23.7 Å². The van der Waals surface area contributed by atoms with Gasteiger partial charge in [-0.3, -0.25) is 4.79 Å². The average Bonchev–Trinajstić information content (AvgIpc) is 3.23. The number of carbonyl (C=O) groups is 2. The average molecular weight is 496 g/mol. The first-order valence-electron chi connectivity index (χ1n) is 10.6. The van der Waals surface area contributed by atoms with Gasteiger partial charge in [0.25, 0.3) is 5.91 Å². The number of aromatic nitrogens is 3. The Balaban J connectivity index is 1.56. The zero-order chi connectivity index (χ0) is 24.5. The number of carbonyl (C=O) groups excluding carboxylic acids is 2. The quantitative estimate of drug-likeness (QED) is 0.579. The van der Waals surface area contributed by atoms with E-state index >= 15 is 0 Å². The lowest BCUT2D eigenvalue weighted by atomic mass is 10.1. The Labute approximate surface area is 197 Å². The van der Waals surface area contributed by atoms with Gasteiger partial charge in [-0.05, 0) is 38.0 Å². The molecule has 1 aliphatic heterocycles. The molecule has 8 nitrogen and oxygen atoms in total. The van der Waals surface area contributed by atoms with Crippen LogP contribution in [0.2, 0.25) is 5.02 Å². The van der Waals surface area contributed by atoms with Gasteiger partial charge in [-0.15, -0.1) is 0 Å². The molecular formula is C22H21ClF3N5O3. The maximum atomic E-state index is 13.8. The molecule has 1 saturated heterocycles. The molecule has 1 fully saturated rings. The molecule has 0 spiro atoms. The summed E-state index contributed by atoms with van der Waals surface area (Å²) in [6.45, 7) is 2.80. The summed E-state index contributed by atoms with van der Waals surface area (Å²) in [7, 11) is 0. The molecule has 1 aromatic carbocycles. The first-order chi connectivity index (χ1) is 16.2. The predicted molar refractivity (Wildman–Crippen MR) is 118 cm³/mol. The summed E-state index contributed by atoms with van der Waals surface area (Å²) in [6, 6.07) is 8.09. The third-order valence-electron chi connectivity index (χ3n) is 5.45. The number of rotatable bonds is 4. The van der Waals surface area contributed by atoms with E-state index in [-0.39, 0.29) is 29.7 Å². The number of hydrogen-bond donors (Lipinski definition) is 1. The van der Waals surface area contributed by atoms with Crippen LogP contribution in [0.5, 0.6) is 0 Å². The number of alkyl halides is 3. The number of amides is 2. The highest BCUT2D eigenvalue weighted by Gasteiger charge is 2.36. The summed E-state index contributed by atoms with van der Waals surface area (Å²) in [6.07, 6.45) is -4.15. The van der Waals surface area contributed by atoms with E-state index in [2.05, 4.69) is 15.4 Å². The second kappa shape index (κ2) is 9.49. The molecule has 180 valence electrons. The van der Waals surface area contributed by atoms with Crippen LogP contribution in [-0.4, -0.2) is 57.2 Å². The Hall–Kier alpha value is -3.34. The number of piperidine rings is 1. The van der Waals surface area contributed by atoms with Crippen LogP contribution in [0.25, 0.3) is 16.9 Å². The second-order valence-electron chi connectivity index (χ2n) is 7.76. The Bertz CT molecular complexity index is 1200. The van der Waals surface area contributed by atoms with E-state index < -0.39 is 23.9 Å². The van der Waals surface area contributed by atoms with Gasteiger partial charge in [-0.2, -0.15) is 18.3 Å². The third-order valence-corrected chi connectivity index (χ3v) is 5.70. The van der Waals surface area contributed by atoms with Crippen LogP contribution < -0.4 is 5.32 Å². The van der Waals surface area contributed by atoms with Crippen molar-refractivity contribution in [2.75, 3.05) is 19.7 Å². The molecule has 1 N–H and O–H groups in total. The summed E-state index contributed by atoms with van der Waals surface area (Å²) >= 11 is 5.87. The minimum Gasteiger partial charge on any atom is -0.450 e. The first-order valence-corrected chi connectivity index (χ1v) is 11.0. The smallest absolute Gasteiger partial charge is 0.433 e. The largest absolute Gasteiger partial charge is 0.450 e. The number of ether oxygens (including phenoxy) is 1. The van der Waals surface area contributed by atoms with Crippen molar-refractivity contribution in [3.63, 3.8) is 0 Å². The molecule has 34 heavy (non-hydrogen) atoms. The van der Waals surface area contributed by atoms with E-state index in [1.165, 1.54) is 6.07 Å². The molecule has 1 aliphatic rings. The number of likely N-dealkylation sites (tertiary alicyclic amines) is 1. The van der Waals surface area contributed by atoms with Gasteiger partial charge >= 0.3 is 12.3 Å². The van der Waals surface area contributed by atoms with Crippen LogP contribution >= 0.6 is 11.6 Å². The number of nitrogens with zero attached hydrogens (tertiary/aromatic N) is 4. The van der Waals surface area contributed by atoms with Gasteiger partial charge in [0.15, 0.2) is 17.0 Å². The first kappa shape index (κ1) is 23.8. The van der Waals surface area contributed by atoms with Gasteiger partial charge in [-0.25, -0.2) is 14.3 Å². The molecule has 0 aliphatic carbocycles. The standard InChI is InChI=1S/C22H21ClF3N5O3/c1-2-34-21(33)30-9-7-15(8-10-30)27-20(32)17-12-19-28-16(13-3-5-14(23)6-4-13)11-18(22(24,25)26)31(19)29-17/h3-6,11-12,15H,2,7-10H2,1H3,(H,27,32). The number of nitrogens with one attached hydrogen (secondary N) is 1. The molecule has 0 atom stereocenters. The Morgan fingerprint density at radius 2 is 1.85 bits per heavy atom. The number of benzene rings is 1. The van der Waals surface area contributed by atoms with Crippen molar-refractivity contribution in [3.05, 3.63) is 52.8 Å². The minimum absolute atomic E-state index is 0.0784. The topological polar surface area (TPSA) is 88.8 Å². The summed E-state index contributed by atoms with van der Waals surface area (Å²) in [4.78, 5) is 30.4. The molecule has 4 rings (SSSR count). The van der Waals surface area contributed by atoms with Crippen molar-refractivity contribution >= 4 is 29.2 Å². The summed E-state index contributed by atoms with van der Waals surface area (Å²) in [5.41, 5.74) is -0.821. The monoisotopic (exact) mass is 495 g/mol. The summed E-state index contributed by atoms with van der Waals surface area (Å²) in [5.74, 6) is -0.610. The van der Waals surface area contributed by atoms with Crippen molar-refractivity contribution in [1.29, 1.82) is 0 Å². The normalized spacial score (nSPS) is 14.9. The second-order valence-corrected chi connectivity index (χ2v) is 8.20. The fraction of sp³-hybridized carbons (Fsp3) is 0.364. The predicted octanol–water partition coefficient (Wildman–Crippen LogP) is 4.42. The summed E-state index contributed by atoms with van der Waals surface area (Å²) < 4.78 is 46.9. The molecule has 0 radical (unpaired) electrons. The summed E-state index contributed by atoms with van der Waals surface area (Å²) in [5, 5.41) is 7.10. The van der Waals surface area contributed by atoms with Gasteiger partial charge in [0, 0.05) is 35.8 Å². The van der Waals surface area contributed by atoms with Gasteiger partial charge < -0.3 is 15.0 Å². The van der Waals surface area contributed by atoms with Crippen LogP contribution in [0.1, 0.15) is 35.9 Å². The van der Waals surface area contributed by atoms with E-state index in [9.17, 15) is 22.8 Å². The van der Waals surface area contributed by atoms with E-state index in [0.717, 1.165) is 6.07 Å². The fourth-order valence-corrected chi connectivity index (χ4v) is 3.86. The highest BCUT2D eigenvalue weighted by molar-refractivity contribution is 6.30. The van der Waals surface area contributed by atoms with Gasteiger partial charge in [0.05, 0.1) is 12.3 Å². The molecule has 2 amide bonds. The maximum absolute atomic E-state index is 13.8. The minimum atomic E-state index is -4.72. The number of halogens is 4. The lowest BCUT2D eigenvalue weighted by Crippen LogP contribution is -2.46. The Morgan fingerprint density at radius 3 is 2.47 bits per heavy atom. The molecule has 12 heteroatoms. The highest BCUT2D eigenvalue weighted by atomic mass is 35.5. The van der Waals surface area contributed by atoms with Crippen LogP contribution in [0.3, 0.4) is 0 Å². The van der Waals surface area contributed by atoms with Crippen molar-refractivity contribution in [2.45, 2.75) is 32.0 Å². The van der Waals surface area contributed by atoms with Crippen LogP contribution in [-0.2, 0) is 10.9 Å². The maximum Gasteiger partial charge on any atom is 0.433 e. The lowest BCUT2D eigenvalue weighted by molar-refractivity contribution is -0.142. The van der Waals surface area contributed by atoms with Crippen molar-refractivity contribution in [3.8, 4) is 11.3 Å². The van der Waals surface area contributed by atoms with Crippen molar-refractivity contribution < 1.29 is 27.5 Å². The SMILES string of the molecule is CCOC(=O)N1CCC(NC(=O)c2cc3nc(-c4ccc(Cl)cc4)cc(C(F)(F)F)n3n2)CC1. The molecule has 0 bridgehead atoms. The number of fused-ring (bicyclic) bond motifs is 1. The zero-order valence-corrected chi connectivity index (χ0v) is 18.9. The van der Waals surface area contributed by atoms with Gasteiger partial charge in [0.2, 0.25) is 0 Å². The molecule has 3 heterocycles. The molecule has 2 aromatic heterocycles. The van der Waals surface area contributed by atoms with Crippen LogP contribution in [0.15, 0.2) is 36.4 Å². The lowest BCUT2D eigenvalue weighted by Gasteiger charge is -2.31. The van der Waals surface area contributed by atoms with Gasteiger partial charge in [0.1, 0.15) is 0 Å². The Kier molecular flexibility index (Phi) is 6.65. The van der Waals surface area contributed by atoms with E-state index in [1.807, 2.05) is 0 Å². The number of hydrogen-bond acceptors (Lipinski definition) is 5. The molecule has 3 aromatic rings. The van der Waals surface area contributed by atoms with Crippen molar-refractivity contribution in [1.82, 2.24) is 24.8 Å². The molecule has 0 unspecified atom stereocenters. The Morgan fingerprint density at radius 1 is 1.18 bits per heavy atom. The van der Waals surface area contributed by atoms with E-state index in [1.54, 1.807) is 36.1 Å². The molecular weight excluding hydrogens is 475 g/mol. The van der Waals surface area contributed by atoms with Crippen LogP contribution in [0, 0.1) is 0 Å². The molecule has 0 saturated carbocycles. The van der Waals surface area contributed by atoms with E-state index in [4.69, 9.17) is 16.3 Å².